The van der Waals surface area contributed by atoms with Crippen LogP contribution in [0.3, 0.4) is 0 Å². The number of halogens is 1. The maximum atomic E-state index is 13.0. The van der Waals surface area contributed by atoms with Gasteiger partial charge in [-0.05, 0) is 86.8 Å². The minimum absolute atomic E-state index is 0.142. The summed E-state index contributed by atoms with van der Waals surface area (Å²) in [5.74, 6) is 0.484. The van der Waals surface area contributed by atoms with Crippen LogP contribution < -0.4 is 15.6 Å². The lowest BCUT2D eigenvalue weighted by Gasteiger charge is -2.23. The lowest BCUT2D eigenvalue weighted by Crippen LogP contribution is -2.29. The van der Waals surface area contributed by atoms with Crippen molar-refractivity contribution in [1.29, 1.82) is 0 Å². The van der Waals surface area contributed by atoms with E-state index in [1.54, 1.807) is 24.2 Å². The number of benzene rings is 1. The van der Waals surface area contributed by atoms with Crippen LogP contribution in [0.5, 0.6) is 0 Å². The first kappa shape index (κ1) is 19.8. The Bertz CT molecular complexity index is 1190. The Morgan fingerprint density at radius 1 is 1.27 bits per heavy atom. The van der Waals surface area contributed by atoms with Crippen LogP contribution in [0.25, 0.3) is 11.0 Å². The SMILES string of the molecule is CNSc1ccc(Nc2ncc3cc(Cl)c(=O)n(C4CCCC45CC5)c3n2)c(C)c1. The summed E-state index contributed by atoms with van der Waals surface area (Å²) in [6.07, 6.45) is 7.46. The van der Waals surface area contributed by atoms with Gasteiger partial charge in [0, 0.05) is 28.2 Å². The van der Waals surface area contributed by atoms with Gasteiger partial charge in [-0.1, -0.05) is 18.0 Å². The molecule has 5 rings (SSSR count). The van der Waals surface area contributed by atoms with Crippen molar-refractivity contribution >= 4 is 46.2 Å². The van der Waals surface area contributed by atoms with Crippen LogP contribution in [0.1, 0.15) is 43.7 Å². The number of hydrogen-bond acceptors (Lipinski definition) is 6. The summed E-state index contributed by atoms with van der Waals surface area (Å²) in [6, 6.07) is 8.03. The minimum Gasteiger partial charge on any atom is -0.324 e. The molecule has 8 heteroatoms. The first-order valence-corrected chi connectivity index (χ1v) is 11.5. The Kier molecular flexibility index (Phi) is 5.00. The van der Waals surface area contributed by atoms with Crippen LogP contribution in [0.2, 0.25) is 5.02 Å². The van der Waals surface area contributed by atoms with Gasteiger partial charge >= 0.3 is 0 Å². The predicted molar refractivity (Wildman–Crippen MR) is 123 cm³/mol. The Balaban J connectivity index is 1.56. The molecule has 3 aromatic rings. The smallest absolute Gasteiger partial charge is 0.271 e. The molecule has 156 valence electrons. The number of aromatic nitrogens is 3. The van der Waals surface area contributed by atoms with Gasteiger partial charge in [0.15, 0.2) is 0 Å². The molecule has 2 fully saturated rings. The maximum Gasteiger partial charge on any atom is 0.271 e. The number of hydrogen-bond donors (Lipinski definition) is 2. The second-order valence-electron chi connectivity index (χ2n) is 8.32. The van der Waals surface area contributed by atoms with Crippen LogP contribution in [0.15, 0.2) is 40.2 Å². The lowest BCUT2D eigenvalue weighted by atomic mass is 10.00. The topological polar surface area (TPSA) is 71.8 Å². The highest BCUT2D eigenvalue weighted by Crippen LogP contribution is 2.63. The van der Waals surface area contributed by atoms with Gasteiger partial charge in [0.05, 0.1) is 0 Å². The zero-order chi connectivity index (χ0) is 20.9. The summed E-state index contributed by atoms with van der Waals surface area (Å²) < 4.78 is 4.93. The highest BCUT2D eigenvalue weighted by atomic mass is 35.5. The van der Waals surface area contributed by atoms with Crippen LogP contribution in [-0.4, -0.2) is 21.6 Å². The van der Waals surface area contributed by atoms with E-state index in [1.165, 1.54) is 19.3 Å². The van der Waals surface area contributed by atoms with Gasteiger partial charge in [0.2, 0.25) is 5.95 Å². The van der Waals surface area contributed by atoms with E-state index in [1.807, 2.05) is 30.7 Å². The summed E-state index contributed by atoms with van der Waals surface area (Å²) in [4.78, 5) is 23.4. The van der Waals surface area contributed by atoms with Gasteiger partial charge < -0.3 is 5.32 Å². The fourth-order valence-corrected chi connectivity index (χ4v) is 5.60. The molecule has 1 spiro atoms. The zero-order valence-electron chi connectivity index (χ0n) is 17.0. The maximum absolute atomic E-state index is 13.0. The summed E-state index contributed by atoms with van der Waals surface area (Å²) >= 11 is 7.88. The van der Waals surface area contributed by atoms with Gasteiger partial charge in [0.1, 0.15) is 10.7 Å². The van der Waals surface area contributed by atoms with E-state index < -0.39 is 0 Å². The van der Waals surface area contributed by atoms with Crippen molar-refractivity contribution in [3.05, 3.63) is 51.4 Å². The third-order valence-corrected chi connectivity index (χ3v) is 7.42. The van der Waals surface area contributed by atoms with Crippen molar-refractivity contribution in [2.45, 2.75) is 50.0 Å². The van der Waals surface area contributed by atoms with E-state index in [4.69, 9.17) is 16.6 Å². The number of aryl methyl sites for hydroxylation is 1. The van der Waals surface area contributed by atoms with Gasteiger partial charge in [-0.15, -0.1) is 0 Å². The normalized spacial score (nSPS) is 19.5. The Morgan fingerprint density at radius 2 is 2.10 bits per heavy atom. The first-order valence-electron chi connectivity index (χ1n) is 10.3. The Hall–Kier alpha value is -2.09. The molecule has 1 aromatic carbocycles. The Morgan fingerprint density at radius 3 is 2.83 bits per heavy atom. The molecule has 0 bridgehead atoms. The van der Waals surface area contributed by atoms with E-state index in [-0.39, 0.29) is 22.0 Å². The minimum atomic E-state index is -0.142. The lowest BCUT2D eigenvalue weighted by molar-refractivity contribution is 0.358. The monoisotopic (exact) mass is 441 g/mol. The van der Waals surface area contributed by atoms with Crippen molar-refractivity contribution in [2.24, 2.45) is 5.41 Å². The van der Waals surface area contributed by atoms with E-state index >= 15 is 0 Å². The molecule has 1 atom stereocenters. The predicted octanol–water partition coefficient (Wildman–Crippen LogP) is 5.23. The molecule has 2 aromatic heterocycles. The number of nitrogens with one attached hydrogen (secondary N) is 2. The van der Waals surface area contributed by atoms with Crippen molar-refractivity contribution in [1.82, 2.24) is 19.3 Å². The Labute approximate surface area is 184 Å². The van der Waals surface area contributed by atoms with Crippen molar-refractivity contribution < 1.29 is 0 Å². The van der Waals surface area contributed by atoms with Gasteiger partial charge in [0.25, 0.3) is 5.56 Å². The number of fused-ring (bicyclic) bond motifs is 1. The summed E-state index contributed by atoms with van der Waals surface area (Å²) in [5, 5.41) is 4.36. The van der Waals surface area contributed by atoms with E-state index in [9.17, 15) is 4.79 Å². The average molecular weight is 442 g/mol. The van der Waals surface area contributed by atoms with Crippen LogP contribution in [-0.2, 0) is 0 Å². The molecule has 0 saturated heterocycles. The van der Waals surface area contributed by atoms with E-state index in [0.717, 1.165) is 34.4 Å². The zero-order valence-corrected chi connectivity index (χ0v) is 18.6. The summed E-state index contributed by atoms with van der Waals surface area (Å²) in [7, 11) is 1.90. The fourth-order valence-electron chi connectivity index (χ4n) is 4.78. The number of anilines is 2. The molecule has 30 heavy (non-hydrogen) atoms. The van der Waals surface area contributed by atoms with Crippen LogP contribution >= 0.6 is 23.5 Å². The van der Waals surface area contributed by atoms with Crippen molar-refractivity contribution in [3.8, 4) is 0 Å². The molecule has 0 amide bonds. The van der Waals surface area contributed by atoms with Crippen LogP contribution in [0.4, 0.5) is 11.6 Å². The van der Waals surface area contributed by atoms with Gasteiger partial charge in [-0.3, -0.25) is 14.1 Å². The second kappa shape index (κ2) is 7.55. The molecular formula is C22H24ClN5OS. The van der Waals surface area contributed by atoms with Crippen molar-refractivity contribution in [2.75, 3.05) is 12.4 Å². The number of nitrogens with zero attached hydrogens (tertiary/aromatic N) is 3. The van der Waals surface area contributed by atoms with Gasteiger partial charge in [-0.2, -0.15) is 4.98 Å². The highest BCUT2D eigenvalue weighted by Gasteiger charge is 2.53. The molecular weight excluding hydrogens is 418 g/mol. The van der Waals surface area contributed by atoms with Crippen molar-refractivity contribution in [3.63, 3.8) is 0 Å². The van der Waals surface area contributed by atoms with E-state index in [0.29, 0.717) is 11.6 Å². The number of pyridine rings is 1. The molecule has 0 radical (unpaired) electrons. The summed E-state index contributed by atoms with van der Waals surface area (Å²) in [5.41, 5.74) is 2.83. The quantitative estimate of drug-likeness (QED) is 0.528. The molecule has 2 aliphatic carbocycles. The largest absolute Gasteiger partial charge is 0.324 e. The molecule has 2 saturated carbocycles. The molecule has 1 unspecified atom stereocenters. The molecule has 2 aliphatic rings. The van der Waals surface area contributed by atoms with E-state index in [2.05, 4.69) is 21.1 Å². The number of rotatable bonds is 5. The third-order valence-electron chi connectivity index (χ3n) is 6.46. The average Bonchev–Trinajstić information content (AvgIpc) is 3.39. The summed E-state index contributed by atoms with van der Waals surface area (Å²) in [6.45, 7) is 2.05. The standard InChI is InChI=1S/C22H24ClN5OS/c1-13-10-15(30-24-2)5-6-17(13)26-21-25-12-14-11-16(23)20(29)28(19(14)27-21)18-4-3-7-22(18)8-9-22/h5-6,10-12,18,24H,3-4,7-9H2,1-2H3,(H,25,26,27). The second-order valence-corrected chi connectivity index (χ2v) is 9.81. The third kappa shape index (κ3) is 3.39. The van der Waals surface area contributed by atoms with Gasteiger partial charge in [-0.25, -0.2) is 4.98 Å². The first-order chi connectivity index (χ1) is 14.5. The molecule has 0 aliphatic heterocycles. The highest BCUT2D eigenvalue weighted by molar-refractivity contribution is 7.97. The molecule has 6 nitrogen and oxygen atoms in total. The fraction of sp³-hybridized carbons (Fsp3) is 0.409. The molecule has 2 N–H and O–H groups in total. The van der Waals surface area contributed by atoms with Crippen LogP contribution in [0, 0.1) is 12.3 Å². The molecule has 2 heterocycles.